The Bertz CT molecular complexity index is 334. The average molecular weight is 319 g/mol. The average Bonchev–Trinajstić information content (AvgIpc) is 2.24. The number of aromatic nitrogens is 2. The number of halogens is 1. The van der Waals surface area contributed by atoms with Crippen LogP contribution >= 0.6 is 22.6 Å². The van der Waals surface area contributed by atoms with E-state index < -0.39 is 0 Å². The van der Waals surface area contributed by atoms with Crippen molar-refractivity contribution in [2.45, 2.75) is 37.8 Å². The first-order valence-electron chi connectivity index (χ1n) is 5.15. The van der Waals surface area contributed by atoms with Crippen LogP contribution in [0.4, 0.5) is 0 Å². The van der Waals surface area contributed by atoms with Gasteiger partial charge in [0.25, 0.3) is 0 Å². The molecular weight excluding hydrogens is 305 g/mol. The number of hydrogen-bond acceptors (Lipinski definition) is 4. The third-order valence-corrected chi connectivity index (χ3v) is 3.39. The van der Waals surface area contributed by atoms with Gasteiger partial charge in [-0.3, -0.25) is 0 Å². The topological polar surface area (TPSA) is 61.0 Å². The van der Waals surface area contributed by atoms with Gasteiger partial charge in [0.1, 0.15) is 12.4 Å². The molecule has 82 valence electrons. The van der Waals surface area contributed by atoms with Crippen LogP contribution in [0, 0.1) is 3.57 Å². The van der Waals surface area contributed by atoms with Crippen LogP contribution in [0.15, 0.2) is 12.5 Å². The molecule has 1 aromatic rings. The van der Waals surface area contributed by atoms with Crippen molar-refractivity contribution < 1.29 is 4.74 Å². The lowest BCUT2D eigenvalue weighted by molar-refractivity contribution is 0.125. The Balaban J connectivity index is 2.04. The van der Waals surface area contributed by atoms with Gasteiger partial charge in [0.05, 0.1) is 3.57 Å². The predicted octanol–water partition coefficient (Wildman–Crippen LogP) is 1.73. The smallest absolute Gasteiger partial charge is 0.230 e. The van der Waals surface area contributed by atoms with Crippen molar-refractivity contribution in [3.8, 4) is 5.88 Å². The molecule has 2 unspecified atom stereocenters. The molecule has 1 heterocycles. The van der Waals surface area contributed by atoms with Crippen LogP contribution in [0.5, 0.6) is 5.88 Å². The van der Waals surface area contributed by atoms with Gasteiger partial charge in [-0.15, -0.1) is 0 Å². The first kappa shape index (κ1) is 11.1. The molecular formula is C10H14IN3O. The summed E-state index contributed by atoms with van der Waals surface area (Å²) >= 11 is 2.17. The zero-order chi connectivity index (χ0) is 10.7. The van der Waals surface area contributed by atoms with E-state index in [4.69, 9.17) is 10.5 Å². The van der Waals surface area contributed by atoms with Gasteiger partial charge < -0.3 is 10.5 Å². The van der Waals surface area contributed by atoms with Crippen molar-refractivity contribution in [2.24, 2.45) is 5.73 Å². The van der Waals surface area contributed by atoms with Crippen LogP contribution in [-0.4, -0.2) is 22.1 Å². The molecule has 1 fully saturated rings. The van der Waals surface area contributed by atoms with Crippen LogP contribution in [0.2, 0.25) is 0 Å². The highest BCUT2D eigenvalue weighted by molar-refractivity contribution is 14.1. The van der Waals surface area contributed by atoms with E-state index in [1.54, 1.807) is 6.20 Å². The number of rotatable bonds is 2. The van der Waals surface area contributed by atoms with Gasteiger partial charge in [0, 0.05) is 12.2 Å². The summed E-state index contributed by atoms with van der Waals surface area (Å²) in [6.45, 7) is 0. The Morgan fingerprint density at radius 3 is 2.93 bits per heavy atom. The maximum Gasteiger partial charge on any atom is 0.230 e. The molecule has 1 saturated carbocycles. The van der Waals surface area contributed by atoms with Gasteiger partial charge in [-0.2, -0.15) is 0 Å². The highest BCUT2D eigenvalue weighted by Crippen LogP contribution is 2.23. The summed E-state index contributed by atoms with van der Waals surface area (Å²) in [6.07, 6.45) is 7.85. The fourth-order valence-electron chi connectivity index (χ4n) is 1.80. The molecule has 4 nitrogen and oxygen atoms in total. The maximum absolute atomic E-state index is 6.01. The zero-order valence-corrected chi connectivity index (χ0v) is 10.6. The Labute approximate surface area is 103 Å². The monoisotopic (exact) mass is 319 g/mol. The van der Waals surface area contributed by atoms with E-state index in [0.717, 1.165) is 16.4 Å². The van der Waals surface area contributed by atoms with E-state index in [2.05, 4.69) is 32.6 Å². The van der Waals surface area contributed by atoms with Gasteiger partial charge in [-0.05, 0) is 41.9 Å². The van der Waals surface area contributed by atoms with E-state index in [1.165, 1.54) is 19.2 Å². The third-order valence-electron chi connectivity index (χ3n) is 2.65. The minimum atomic E-state index is 0.113. The van der Waals surface area contributed by atoms with E-state index >= 15 is 0 Å². The molecule has 1 aliphatic rings. The van der Waals surface area contributed by atoms with Gasteiger partial charge in [-0.25, -0.2) is 9.97 Å². The summed E-state index contributed by atoms with van der Waals surface area (Å²) in [5.74, 6) is 0.660. The lowest BCUT2D eigenvalue weighted by Crippen LogP contribution is -2.41. The van der Waals surface area contributed by atoms with Crippen LogP contribution in [0.25, 0.3) is 0 Å². The Morgan fingerprint density at radius 1 is 1.40 bits per heavy atom. The van der Waals surface area contributed by atoms with Gasteiger partial charge in [-0.1, -0.05) is 6.42 Å². The van der Waals surface area contributed by atoms with E-state index in [9.17, 15) is 0 Å². The molecule has 2 N–H and O–H groups in total. The summed E-state index contributed by atoms with van der Waals surface area (Å²) in [5.41, 5.74) is 6.01. The molecule has 0 aliphatic heterocycles. The second-order valence-corrected chi connectivity index (χ2v) is 4.94. The summed E-state index contributed by atoms with van der Waals surface area (Å²) in [5, 5.41) is 0. The second kappa shape index (κ2) is 5.07. The standard InChI is InChI=1S/C10H14IN3O/c11-7-5-13-6-14-10(7)15-9-4-2-1-3-8(9)12/h5-6,8-9H,1-4,12H2. The van der Waals surface area contributed by atoms with Crippen molar-refractivity contribution in [1.29, 1.82) is 0 Å². The fraction of sp³-hybridized carbons (Fsp3) is 0.600. The lowest BCUT2D eigenvalue weighted by Gasteiger charge is -2.28. The Morgan fingerprint density at radius 2 is 2.20 bits per heavy atom. The Kier molecular flexibility index (Phi) is 3.74. The quantitative estimate of drug-likeness (QED) is 0.844. The minimum Gasteiger partial charge on any atom is -0.472 e. The molecule has 0 bridgehead atoms. The second-order valence-electron chi connectivity index (χ2n) is 3.78. The largest absolute Gasteiger partial charge is 0.472 e. The highest BCUT2D eigenvalue weighted by atomic mass is 127. The first-order chi connectivity index (χ1) is 7.27. The molecule has 2 atom stereocenters. The van der Waals surface area contributed by atoms with Crippen LogP contribution < -0.4 is 10.5 Å². The van der Waals surface area contributed by atoms with E-state index in [-0.39, 0.29) is 12.1 Å². The number of hydrogen-bond donors (Lipinski definition) is 1. The summed E-state index contributed by atoms with van der Waals surface area (Å²) in [6, 6.07) is 0.143. The van der Waals surface area contributed by atoms with Crippen molar-refractivity contribution in [1.82, 2.24) is 9.97 Å². The third kappa shape index (κ3) is 2.78. The molecule has 0 radical (unpaired) electrons. The minimum absolute atomic E-state index is 0.113. The van der Waals surface area contributed by atoms with Crippen LogP contribution in [0.1, 0.15) is 25.7 Å². The number of ether oxygens (including phenoxy) is 1. The van der Waals surface area contributed by atoms with E-state index in [0.29, 0.717) is 5.88 Å². The highest BCUT2D eigenvalue weighted by Gasteiger charge is 2.24. The van der Waals surface area contributed by atoms with Gasteiger partial charge >= 0.3 is 0 Å². The maximum atomic E-state index is 6.01. The van der Waals surface area contributed by atoms with Crippen molar-refractivity contribution >= 4 is 22.6 Å². The fourth-order valence-corrected chi connectivity index (χ4v) is 2.23. The lowest BCUT2D eigenvalue weighted by atomic mass is 9.93. The Hall–Kier alpha value is -0.430. The van der Waals surface area contributed by atoms with Gasteiger partial charge in [0.15, 0.2) is 0 Å². The molecule has 0 amide bonds. The zero-order valence-electron chi connectivity index (χ0n) is 8.40. The van der Waals surface area contributed by atoms with Crippen molar-refractivity contribution in [2.75, 3.05) is 0 Å². The molecule has 0 aromatic carbocycles. The number of nitrogens with zero attached hydrogens (tertiary/aromatic N) is 2. The predicted molar refractivity (Wildman–Crippen MR) is 65.6 cm³/mol. The molecule has 1 aromatic heterocycles. The normalized spacial score (nSPS) is 26.3. The van der Waals surface area contributed by atoms with Gasteiger partial charge in [0.2, 0.25) is 5.88 Å². The molecule has 1 aliphatic carbocycles. The summed E-state index contributed by atoms with van der Waals surface area (Å²) in [7, 11) is 0. The molecule has 15 heavy (non-hydrogen) atoms. The summed E-state index contributed by atoms with van der Waals surface area (Å²) in [4.78, 5) is 8.04. The van der Waals surface area contributed by atoms with Crippen LogP contribution in [0.3, 0.4) is 0 Å². The van der Waals surface area contributed by atoms with Crippen LogP contribution in [-0.2, 0) is 0 Å². The van der Waals surface area contributed by atoms with Crippen molar-refractivity contribution in [3.05, 3.63) is 16.1 Å². The molecule has 2 rings (SSSR count). The van der Waals surface area contributed by atoms with E-state index in [1.807, 2.05) is 0 Å². The molecule has 0 spiro atoms. The summed E-state index contributed by atoms with van der Waals surface area (Å²) < 4.78 is 6.75. The molecule has 0 saturated heterocycles. The van der Waals surface area contributed by atoms with Crippen molar-refractivity contribution in [3.63, 3.8) is 0 Å². The SMILES string of the molecule is NC1CCCCC1Oc1ncncc1I. The molecule has 5 heteroatoms. The number of nitrogens with two attached hydrogens (primary N) is 1. The first-order valence-corrected chi connectivity index (χ1v) is 6.23.